The molecule has 3 aromatic heterocycles. The van der Waals surface area contributed by atoms with Crippen LogP contribution in [-0.2, 0) is 7.05 Å². The minimum atomic E-state index is -1.01. The van der Waals surface area contributed by atoms with Crippen molar-refractivity contribution in [3.63, 3.8) is 0 Å². The molecular formula is C16H10FN5O3. The highest BCUT2D eigenvalue weighted by Crippen LogP contribution is 2.27. The Bertz CT molecular complexity index is 1230. The molecule has 9 heteroatoms. The van der Waals surface area contributed by atoms with Crippen molar-refractivity contribution in [2.75, 3.05) is 0 Å². The van der Waals surface area contributed by atoms with E-state index >= 15 is 0 Å². The summed E-state index contributed by atoms with van der Waals surface area (Å²) in [6.07, 6.45) is 3.35. The van der Waals surface area contributed by atoms with Gasteiger partial charge in [-0.2, -0.15) is 4.39 Å². The molecule has 1 aromatic carbocycles. The number of fused-ring (bicyclic) bond motifs is 2. The first-order valence-corrected chi connectivity index (χ1v) is 7.24. The van der Waals surface area contributed by atoms with Crippen LogP contribution in [-0.4, -0.2) is 24.4 Å². The van der Waals surface area contributed by atoms with Crippen LogP contribution >= 0.6 is 0 Å². The van der Waals surface area contributed by atoms with Crippen LogP contribution in [0, 0.1) is 15.9 Å². The van der Waals surface area contributed by atoms with Crippen molar-refractivity contribution in [1.29, 1.82) is 0 Å². The van der Waals surface area contributed by atoms with Crippen molar-refractivity contribution in [3.8, 4) is 11.3 Å². The summed E-state index contributed by atoms with van der Waals surface area (Å²) in [5, 5.41) is 11.6. The second-order valence-electron chi connectivity index (χ2n) is 5.52. The second kappa shape index (κ2) is 5.20. The minimum Gasteiger partial charge on any atom is -0.335 e. The highest BCUT2D eigenvalue weighted by molar-refractivity contribution is 5.93. The molecule has 0 spiro atoms. The number of nitrogens with one attached hydrogen (secondary N) is 1. The Balaban J connectivity index is 2.02. The molecule has 4 aromatic rings. The molecule has 0 radical (unpaired) electrons. The molecule has 0 saturated heterocycles. The van der Waals surface area contributed by atoms with Crippen molar-refractivity contribution in [3.05, 3.63) is 62.9 Å². The van der Waals surface area contributed by atoms with E-state index in [2.05, 4.69) is 15.0 Å². The number of H-pyrrole nitrogens is 1. The molecule has 0 aliphatic carbocycles. The fourth-order valence-electron chi connectivity index (χ4n) is 2.82. The van der Waals surface area contributed by atoms with E-state index in [4.69, 9.17) is 0 Å². The van der Waals surface area contributed by atoms with E-state index in [1.807, 2.05) is 0 Å². The summed E-state index contributed by atoms with van der Waals surface area (Å²) in [5.74, 6) is -1.01. The second-order valence-corrected chi connectivity index (χ2v) is 5.52. The van der Waals surface area contributed by atoms with Crippen molar-refractivity contribution in [2.24, 2.45) is 7.05 Å². The number of nitro benzene ring substituents is 1. The maximum absolute atomic E-state index is 13.9. The zero-order valence-electron chi connectivity index (χ0n) is 12.9. The van der Waals surface area contributed by atoms with E-state index in [9.17, 15) is 19.3 Å². The van der Waals surface area contributed by atoms with Crippen molar-refractivity contribution >= 4 is 27.8 Å². The van der Waals surface area contributed by atoms with Gasteiger partial charge in [0.25, 0.3) is 5.56 Å². The largest absolute Gasteiger partial charge is 0.335 e. The minimum absolute atomic E-state index is 0.0966. The number of nitrogens with zero attached hydrogens (tertiary/aromatic N) is 4. The molecule has 0 unspecified atom stereocenters. The van der Waals surface area contributed by atoms with E-state index in [0.29, 0.717) is 11.2 Å². The molecule has 124 valence electrons. The van der Waals surface area contributed by atoms with E-state index in [1.54, 1.807) is 36.1 Å². The van der Waals surface area contributed by atoms with E-state index in [1.165, 1.54) is 0 Å². The molecule has 3 heterocycles. The summed E-state index contributed by atoms with van der Waals surface area (Å²) in [6, 6.07) is 5.45. The predicted molar refractivity (Wildman–Crippen MR) is 88.7 cm³/mol. The van der Waals surface area contributed by atoms with Gasteiger partial charge in [-0.25, -0.2) is 9.97 Å². The standard InChI is InChI=1S/C16H10FN5O3/c1-21-7-9(8-3-2-4-18-15(8)21)14-16(23)20-12-6-13(22(24)25)10(17)5-11(12)19-14/h2-7H,1H3,(H,20,23). The van der Waals surface area contributed by atoms with Gasteiger partial charge < -0.3 is 9.55 Å². The lowest BCUT2D eigenvalue weighted by molar-refractivity contribution is -0.387. The first-order chi connectivity index (χ1) is 12.0. The molecule has 0 aliphatic rings. The van der Waals surface area contributed by atoms with Crippen LogP contribution in [0.5, 0.6) is 0 Å². The fraction of sp³-hybridized carbons (Fsp3) is 0.0625. The number of aryl methyl sites for hydroxylation is 1. The topological polar surface area (TPSA) is 107 Å². The predicted octanol–water partition coefficient (Wildman–Crippen LogP) is 2.52. The number of halogens is 1. The summed E-state index contributed by atoms with van der Waals surface area (Å²) < 4.78 is 15.6. The molecule has 0 saturated carbocycles. The monoisotopic (exact) mass is 339 g/mol. The van der Waals surface area contributed by atoms with Crippen LogP contribution in [0.4, 0.5) is 10.1 Å². The van der Waals surface area contributed by atoms with E-state index < -0.39 is 22.0 Å². The third-order valence-electron chi connectivity index (χ3n) is 3.95. The van der Waals surface area contributed by atoms with Gasteiger partial charge in [0, 0.05) is 42.5 Å². The number of hydrogen-bond acceptors (Lipinski definition) is 5. The average molecular weight is 339 g/mol. The number of benzene rings is 1. The quantitative estimate of drug-likeness (QED) is 0.446. The summed E-state index contributed by atoms with van der Waals surface area (Å²) >= 11 is 0. The number of hydrogen-bond donors (Lipinski definition) is 1. The Morgan fingerprint density at radius 3 is 2.92 bits per heavy atom. The number of nitro groups is 1. The Hall–Kier alpha value is -3.62. The Morgan fingerprint density at radius 2 is 2.16 bits per heavy atom. The smallest absolute Gasteiger partial charge is 0.307 e. The molecule has 1 N–H and O–H groups in total. The zero-order chi connectivity index (χ0) is 17.7. The van der Waals surface area contributed by atoms with Crippen LogP contribution in [0.15, 0.2) is 41.5 Å². The average Bonchev–Trinajstić information content (AvgIpc) is 2.91. The third-order valence-corrected chi connectivity index (χ3v) is 3.95. The summed E-state index contributed by atoms with van der Waals surface area (Å²) in [7, 11) is 1.79. The normalized spacial score (nSPS) is 11.3. The highest BCUT2D eigenvalue weighted by Gasteiger charge is 2.19. The summed E-state index contributed by atoms with van der Waals surface area (Å²) in [4.78, 5) is 33.4. The van der Waals surface area contributed by atoms with Gasteiger partial charge >= 0.3 is 5.69 Å². The number of pyridine rings is 1. The maximum Gasteiger partial charge on any atom is 0.307 e. The lowest BCUT2D eigenvalue weighted by Crippen LogP contribution is -2.11. The van der Waals surface area contributed by atoms with Crippen LogP contribution in [0.25, 0.3) is 33.3 Å². The van der Waals surface area contributed by atoms with E-state index in [-0.39, 0.29) is 16.7 Å². The van der Waals surface area contributed by atoms with Crippen LogP contribution in [0.2, 0.25) is 0 Å². The Kier molecular flexibility index (Phi) is 3.11. The van der Waals surface area contributed by atoms with Crippen molar-refractivity contribution < 1.29 is 9.31 Å². The van der Waals surface area contributed by atoms with Gasteiger partial charge in [0.1, 0.15) is 11.3 Å². The summed E-state index contributed by atoms with van der Waals surface area (Å²) in [6.45, 7) is 0. The lowest BCUT2D eigenvalue weighted by Gasteiger charge is -2.02. The maximum atomic E-state index is 13.9. The molecule has 0 aliphatic heterocycles. The number of aromatic nitrogens is 4. The molecule has 25 heavy (non-hydrogen) atoms. The van der Waals surface area contributed by atoms with E-state index in [0.717, 1.165) is 17.5 Å². The van der Waals surface area contributed by atoms with Crippen LogP contribution in [0.3, 0.4) is 0 Å². The first-order valence-electron chi connectivity index (χ1n) is 7.24. The molecule has 0 amide bonds. The van der Waals surface area contributed by atoms with Crippen LogP contribution in [0.1, 0.15) is 0 Å². The van der Waals surface area contributed by atoms with Gasteiger partial charge in [-0.3, -0.25) is 14.9 Å². The molecular weight excluding hydrogens is 329 g/mol. The van der Waals surface area contributed by atoms with Gasteiger partial charge in [-0.15, -0.1) is 0 Å². The van der Waals surface area contributed by atoms with Gasteiger partial charge in [0.15, 0.2) is 0 Å². The van der Waals surface area contributed by atoms with Gasteiger partial charge in [0.05, 0.1) is 16.0 Å². The SMILES string of the molecule is Cn1cc(-c2nc3cc(F)c([N+](=O)[O-])cc3[nH]c2=O)c2cccnc21. The van der Waals surface area contributed by atoms with Gasteiger partial charge in [-0.05, 0) is 12.1 Å². The van der Waals surface area contributed by atoms with Crippen LogP contribution < -0.4 is 5.56 Å². The molecule has 0 atom stereocenters. The van der Waals surface area contributed by atoms with Gasteiger partial charge in [0.2, 0.25) is 5.82 Å². The third kappa shape index (κ3) is 2.24. The lowest BCUT2D eigenvalue weighted by atomic mass is 10.1. The fourth-order valence-corrected chi connectivity index (χ4v) is 2.82. The van der Waals surface area contributed by atoms with Crippen molar-refractivity contribution in [2.45, 2.75) is 0 Å². The molecule has 4 rings (SSSR count). The number of aromatic amines is 1. The first kappa shape index (κ1) is 14.9. The highest BCUT2D eigenvalue weighted by atomic mass is 19.1. The van der Waals surface area contributed by atoms with Gasteiger partial charge in [-0.1, -0.05) is 0 Å². The zero-order valence-corrected chi connectivity index (χ0v) is 12.9. The Morgan fingerprint density at radius 1 is 1.36 bits per heavy atom. The Labute approximate surface area is 138 Å². The molecule has 8 nitrogen and oxygen atoms in total. The summed E-state index contributed by atoms with van der Waals surface area (Å²) in [5.41, 5.74) is 0.302. The molecule has 0 bridgehead atoms. The molecule has 0 fully saturated rings. The van der Waals surface area contributed by atoms with Crippen molar-refractivity contribution in [1.82, 2.24) is 19.5 Å². The number of rotatable bonds is 2.